The number of unbranched alkanes of at least 4 members (excludes halogenated alkanes) is 5. The van der Waals surface area contributed by atoms with Crippen molar-refractivity contribution in [2.24, 2.45) is 0 Å². The number of ether oxygens (including phenoxy) is 2. The van der Waals surface area contributed by atoms with Gasteiger partial charge in [0.2, 0.25) is 0 Å². The van der Waals surface area contributed by atoms with Crippen LogP contribution >= 0.6 is 0 Å². The minimum absolute atomic E-state index is 0.0217. The Kier molecular flexibility index (Phi) is 8.52. The number of carbonyl (C=O) groups is 1. The summed E-state index contributed by atoms with van der Waals surface area (Å²) in [5, 5.41) is 0. The maximum atomic E-state index is 10.8. The van der Waals surface area contributed by atoms with Gasteiger partial charge in [0.1, 0.15) is 18.1 Å². The monoisotopic (exact) mass is 278 g/mol. The summed E-state index contributed by atoms with van der Waals surface area (Å²) < 4.78 is 11.0. The molecule has 3 nitrogen and oxygen atoms in total. The van der Waals surface area contributed by atoms with E-state index >= 15 is 0 Å². The van der Waals surface area contributed by atoms with E-state index in [0.717, 1.165) is 18.8 Å². The van der Waals surface area contributed by atoms with E-state index in [-0.39, 0.29) is 12.4 Å². The van der Waals surface area contributed by atoms with Crippen LogP contribution in [0.3, 0.4) is 0 Å². The van der Waals surface area contributed by atoms with E-state index in [4.69, 9.17) is 9.47 Å². The van der Waals surface area contributed by atoms with Gasteiger partial charge in [0.15, 0.2) is 5.78 Å². The van der Waals surface area contributed by atoms with Gasteiger partial charge in [-0.15, -0.1) is 0 Å². The van der Waals surface area contributed by atoms with E-state index in [0.29, 0.717) is 5.75 Å². The third-order valence-electron chi connectivity index (χ3n) is 3.03. The van der Waals surface area contributed by atoms with Crippen molar-refractivity contribution in [2.75, 3.05) is 13.2 Å². The Balaban J connectivity index is 2.13. The van der Waals surface area contributed by atoms with E-state index in [2.05, 4.69) is 6.92 Å². The third-order valence-corrected chi connectivity index (χ3v) is 3.03. The summed E-state index contributed by atoms with van der Waals surface area (Å²) in [6, 6.07) is 7.43. The fraction of sp³-hybridized carbons (Fsp3) is 0.588. The molecule has 0 radical (unpaired) electrons. The highest BCUT2D eigenvalue weighted by atomic mass is 16.5. The second kappa shape index (κ2) is 10.3. The standard InChI is InChI=1S/C17H26O3/c1-3-4-5-6-7-8-13-19-16-9-11-17(12-10-16)20-14-15(2)18/h9-12H,3-8,13-14H2,1-2H3. The van der Waals surface area contributed by atoms with Crippen LogP contribution in [0.25, 0.3) is 0 Å². The van der Waals surface area contributed by atoms with Crippen LogP contribution in [0.4, 0.5) is 0 Å². The molecule has 20 heavy (non-hydrogen) atoms. The Bertz CT molecular complexity index is 370. The van der Waals surface area contributed by atoms with Crippen LogP contribution < -0.4 is 9.47 Å². The average Bonchev–Trinajstić information content (AvgIpc) is 2.45. The van der Waals surface area contributed by atoms with E-state index in [1.807, 2.05) is 24.3 Å². The van der Waals surface area contributed by atoms with Gasteiger partial charge < -0.3 is 9.47 Å². The molecule has 0 saturated carbocycles. The zero-order valence-electron chi connectivity index (χ0n) is 12.7. The van der Waals surface area contributed by atoms with Crippen molar-refractivity contribution in [3.8, 4) is 11.5 Å². The first kappa shape index (κ1) is 16.5. The van der Waals surface area contributed by atoms with Gasteiger partial charge in [-0.1, -0.05) is 39.0 Å². The molecule has 3 heteroatoms. The maximum Gasteiger partial charge on any atom is 0.167 e. The summed E-state index contributed by atoms with van der Waals surface area (Å²) in [6.07, 6.45) is 7.59. The molecule has 0 saturated heterocycles. The van der Waals surface area contributed by atoms with Gasteiger partial charge in [-0.05, 0) is 37.6 Å². The molecule has 0 aliphatic rings. The van der Waals surface area contributed by atoms with Gasteiger partial charge >= 0.3 is 0 Å². The fourth-order valence-corrected chi connectivity index (χ4v) is 1.89. The van der Waals surface area contributed by atoms with Crippen molar-refractivity contribution < 1.29 is 14.3 Å². The van der Waals surface area contributed by atoms with Gasteiger partial charge in [0.25, 0.3) is 0 Å². The van der Waals surface area contributed by atoms with Crippen LogP contribution in [0.1, 0.15) is 52.4 Å². The zero-order valence-corrected chi connectivity index (χ0v) is 12.7. The number of carbonyl (C=O) groups excluding carboxylic acids is 1. The third kappa shape index (κ3) is 7.82. The van der Waals surface area contributed by atoms with E-state index in [1.165, 1.54) is 39.0 Å². The first-order chi connectivity index (χ1) is 9.72. The Labute approximate surface area is 122 Å². The summed E-state index contributed by atoms with van der Waals surface area (Å²) in [4.78, 5) is 10.8. The summed E-state index contributed by atoms with van der Waals surface area (Å²) in [7, 11) is 0. The highest BCUT2D eigenvalue weighted by Gasteiger charge is 1.98. The highest BCUT2D eigenvalue weighted by Crippen LogP contribution is 2.18. The van der Waals surface area contributed by atoms with Crippen molar-refractivity contribution in [1.29, 1.82) is 0 Å². The molecule has 0 N–H and O–H groups in total. The number of Topliss-reactive ketones (excluding diaryl/α,β-unsaturated/α-hetero) is 1. The molecule has 0 aliphatic heterocycles. The summed E-state index contributed by atoms with van der Waals surface area (Å²) in [5.41, 5.74) is 0. The lowest BCUT2D eigenvalue weighted by molar-refractivity contribution is -0.118. The van der Waals surface area contributed by atoms with E-state index < -0.39 is 0 Å². The number of benzene rings is 1. The molecule has 0 bridgehead atoms. The van der Waals surface area contributed by atoms with Crippen LogP contribution in [0.5, 0.6) is 11.5 Å². The predicted molar refractivity (Wildman–Crippen MR) is 81.5 cm³/mol. The van der Waals surface area contributed by atoms with Gasteiger partial charge in [0, 0.05) is 0 Å². The van der Waals surface area contributed by atoms with Gasteiger partial charge in [-0.25, -0.2) is 0 Å². The molecule has 0 unspecified atom stereocenters. The Morgan fingerprint density at radius 1 is 0.900 bits per heavy atom. The molecule has 0 fully saturated rings. The molecule has 1 aromatic carbocycles. The van der Waals surface area contributed by atoms with E-state index in [9.17, 15) is 4.79 Å². The molecule has 1 aromatic rings. The van der Waals surface area contributed by atoms with E-state index in [1.54, 1.807) is 0 Å². The largest absolute Gasteiger partial charge is 0.494 e. The van der Waals surface area contributed by atoms with Crippen LogP contribution in [0.2, 0.25) is 0 Å². The van der Waals surface area contributed by atoms with Crippen molar-refractivity contribution in [2.45, 2.75) is 52.4 Å². The van der Waals surface area contributed by atoms with Gasteiger partial charge in [-0.2, -0.15) is 0 Å². The lowest BCUT2D eigenvalue weighted by Crippen LogP contribution is -2.06. The lowest BCUT2D eigenvalue weighted by atomic mass is 10.1. The Morgan fingerprint density at radius 3 is 2.05 bits per heavy atom. The molecule has 0 heterocycles. The predicted octanol–water partition coefficient (Wildman–Crippen LogP) is 4.39. The Hall–Kier alpha value is -1.51. The van der Waals surface area contributed by atoms with Crippen LogP contribution in [0.15, 0.2) is 24.3 Å². The first-order valence-electron chi connectivity index (χ1n) is 7.57. The quantitative estimate of drug-likeness (QED) is 0.563. The number of rotatable bonds is 11. The number of ketones is 1. The maximum absolute atomic E-state index is 10.8. The van der Waals surface area contributed by atoms with Crippen molar-refractivity contribution in [1.82, 2.24) is 0 Å². The second-order valence-corrected chi connectivity index (χ2v) is 5.08. The molecule has 112 valence electrons. The smallest absolute Gasteiger partial charge is 0.167 e. The van der Waals surface area contributed by atoms with Crippen LogP contribution in [0, 0.1) is 0 Å². The Morgan fingerprint density at radius 2 is 1.45 bits per heavy atom. The minimum Gasteiger partial charge on any atom is -0.494 e. The highest BCUT2D eigenvalue weighted by molar-refractivity contribution is 5.77. The SMILES string of the molecule is CCCCCCCCOc1ccc(OCC(C)=O)cc1. The number of hydrogen-bond donors (Lipinski definition) is 0. The summed E-state index contributed by atoms with van der Waals surface area (Å²) in [6.45, 7) is 4.63. The molecule has 0 aliphatic carbocycles. The fourth-order valence-electron chi connectivity index (χ4n) is 1.89. The summed E-state index contributed by atoms with van der Waals surface area (Å²) >= 11 is 0. The number of hydrogen-bond acceptors (Lipinski definition) is 3. The molecule has 1 rings (SSSR count). The normalized spacial score (nSPS) is 10.3. The van der Waals surface area contributed by atoms with Crippen LogP contribution in [-0.4, -0.2) is 19.0 Å². The molecular weight excluding hydrogens is 252 g/mol. The van der Waals surface area contributed by atoms with Crippen molar-refractivity contribution >= 4 is 5.78 Å². The molecule has 0 atom stereocenters. The molecule has 0 spiro atoms. The minimum atomic E-state index is 0.0217. The second-order valence-electron chi connectivity index (χ2n) is 5.08. The molecular formula is C17H26O3. The topological polar surface area (TPSA) is 35.5 Å². The van der Waals surface area contributed by atoms with Crippen molar-refractivity contribution in [3.05, 3.63) is 24.3 Å². The average molecular weight is 278 g/mol. The molecule has 0 amide bonds. The van der Waals surface area contributed by atoms with Gasteiger partial charge in [0.05, 0.1) is 6.61 Å². The zero-order chi connectivity index (χ0) is 14.6. The van der Waals surface area contributed by atoms with Crippen LogP contribution in [-0.2, 0) is 4.79 Å². The first-order valence-corrected chi connectivity index (χ1v) is 7.57. The molecule has 0 aromatic heterocycles. The lowest BCUT2D eigenvalue weighted by Gasteiger charge is -2.08. The van der Waals surface area contributed by atoms with Crippen molar-refractivity contribution in [3.63, 3.8) is 0 Å². The summed E-state index contributed by atoms with van der Waals surface area (Å²) in [5.74, 6) is 1.58. The van der Waals surface area contributed by atoms with Gasteiger partial charge in [-0.3, -0.25) is 4.79 Å².